The first-order chi connectivity index (χ1) is 8.86. The van der Waals surface area contributed by atoms with Gasteiger partial charge in [-0.1, -0.05) is 0 Å². The smallest absolute Gasteiger partial charge is 0.163 e. The van der Waals surface area contributed by atoms with Crippen LogP contribution in [0.25, 0.3) is 0 Å². The molecule has 1 unspecified atom stereocenters. The van der Waals surface area contributed by atoms with Crippen molar-refractivity contribution in [1.82, 2.24) is 0 Å². The van der Waals surface area contributed by atoms with Crippen LogP contribution in [0.2, 0.25) is 0 Å². The molecule has 5 heteroatoms. The molecule has 0 bridgehead atoms. The summed E-state index contributed by atoms with van der Waals surface area (Å²) < 4.78 is 11.2. The molecule has 1 fully saturated rings. The Labute approximate surface area is 111 Å². The van der Waals surface area contributed by atoms with E-state index in [1.54, 1.807) is 0 Å². The van der Waals surface area contributed by atoms with Gasteiger partial charge in [-0.2, -0.15) is 11.8 Å². The van der Waals surface area contributed by atoms with Crippen LogP contribution in [-0.2, 0) is 0 Å². The van der Waals surface area contributed by atoms with E-state index in [9.17, 15) is 0 Å². The van der Waals surface area contributed by atoms with Gasteiger partial charge >= 0.3 is 0 Å². The maximum Gasteiger partial charge on any atom is 0.163 e. The molecule has 2 aliphatic rings. The molecule has 2 heterocycles. The van der Waals surface area contributed by atoms with Crippen LogP contribution in [-0.4, -0.2) is 43.9 Å². The van der Waals surface area contributed by atoms with E-state index in [1.807, 2.05) is 17.8 Å². The molecular weight excluding hydrogens is 248 g/mol. The van der Waals surface area contributed by atoms with Crippen LogP contribution in [0.4, 0.5) is 5.69 Å². The van der Waals surface area contributed by atoms with Crippen molar-refractivity contribution in [1.29, 1.82) is 0 Å². The van der Waals surface area contributed by atoms with E-state index in [1.165, 1.54) is 5.69 Å². The second-order valence-corrected chi connectivity index (χ2v) is 5.91. The fourth-order valence-corrected chi connectivity index (χ4v) is 3.41. The molecule has 18 heavy (non-hydrogen) atoms. The van der Waals surface area contributed by atoms with Gasteiger partial charge in [-0.15, -0.1) is 0 Å². The zero-order valence-electron chi connectivity index (χ0n) is 10.3. The van der Waals surface area contributed by atoms with Gasteiger partial charge in [0.1, 0.15) is 13.2 Å². The standard InChI is InChI=1S/C13H18N2O2S/c14-8-11-9-15(3-6-18-11)10-1-2-12-13(7-10)17-5-4-16-12/h1-2,7,11H,3-6,8-9,14H2. The molecule has 4 nitrogen and oxygen atoms in total. The summed E-state index contributed by atoms with van der Waals surface area (Å²) in [5.41, 5.74) is 6.97. The van der Waals surface area contributed by atoms with Crippen LogP contribution in [0.15, 0.2) is 18.2 Å². The summed E-state index contributed by atoms with van der Waals surface area (Å²) in [6, 6.07) is 6.19. The summed E-state index contributed by atoms with van der Waals surface area (Å²) in [5.74, 6) is 2.85. The SMILES string of the molecule is NCC1CN(c2ccc3c(c2)OCCO3)CCS1. The fraction of sp³-hybridized carbons (Fsp3) is 0.538. The van der Waals surface area contributed by atoms with E-state index in [2.05, 4.69) is 17.0 Å². The minimum absolute atomic E-state index is 0.534. The van der Waals surface area contributed by atoms with Gasteiger partial charge in [0.2, 0.25) is 0 Å². The molecule has 0 amide bonds. The Morgan fingerprint density at radius 1 is 1.28 bits per heavy atom. The molecular formula is C13H18N2O2S. The Kier molecular flexibility index (Phi) is 3.52. The van der Waals surface area contributed by atoms with E-state index >= 15 is 0 Å². The Balaban J connectivity index is 1.79. The van der Waals surface area contributed by atoms with Gasteiger partial charge < -0.3 is 20.1 Å². The number of nitrogens with two attached hydrogens (primary N) is 1. The monoisotopic (exact) mass is 266 g/mol. The average molecular weight is 266 g/mol. The number of ether oxygens (including phenoxy) is 2. The Bertz CT molecular complexity index is 427. The van der Waals surface area contributed by atoms with Crippen molar-refractivity contribution in [3.8, 4) is 11.5 Å². The van der Waals surface area contributed by atoms with Gasteiger partial charge in [-0.25, -0.2) is 0 Å². The largest absolute Gasteiger partial charge is 0.486 e. The van der Waals surface area contributed by atoms with E-state index in [0.29, 0.717) is 18.5 Å². The first kappa shape index (κ1) is 12.0. The maximum absolute atomic E-state index is 5.76. The van der Waals surface area contributed by atoms with E-state index in [4.69, 9.17) is 15.2 Å². The second kappa shape index (κ2) is 5.28. The quantitative estimate of drug-likeness (QED) is 0.875. The highest BCUT2D eigenvalue weighted by Gasteiger charge is 2.21. The van der Waals surface area contributed by atoms with Crippen LogP contribution in [0, 0.1) is 0 Å². The lowest BCUT2D eigenvalue weighted by Crippen LogP contribution is -2.41. The van der Waals surface area contributed by atoms with E-state index in [0.717, 1.165) is 36.9 Å². The molecule has 0 saturated carbocycles. The fourth-order valence-electron chi connectivity index (χ4n) is 2.33. The van der Waals surface area contributed by atoms with Crippen LogP contribution < -0.4 is 20.1 Å². The highest BCUT2D eigenvalue weighted by Crippen LogP contribution is 2.35. The highest BCUT2D eigenvalue weighted by molar-refractivity contribution is 8.00. The van der Waals surface area contributed by atoms with Gasteiger partial charge in [0.15, 0.2) is 11.5 Å². The summed E-state index contributed by atoms with van der Waals surface area (Å²) >= 11 is 1.97. The first-order valence-electron chi connectivity index (χ1n) is 6.33. The molecule has 3 rings (SSSR count). The number of fused-ring (bicyclic) bond motifs is 1. The third-order valence-electron chi connectivity index (χ3n) is 3.29. The minimum Gasteiger partial charge on any atom is -0.486 e. The molecule has 1 aromatic rings. The first-order valence-corrected chi connectivity index (χ1v) is 7.38. The topological polar surface area (TPSA) is 47.7 Å². The zero-order chi connectivity index (χ0) is 12.4. The number of anilines is 1. The molecule has 0 radical (unpaired) electrons. The normalized spacial score (nSPS) is 22.9. The summed E-state index contributed by atoms with van der Waals surface area (Å²) in [4.78, 5) is 2.38. The maximum atomic E-state index is 5.76. The summed E-state index contributed by atoms with van der Waals surface area (Å²) in [6.07, 6.45) is 0. The minimum atomic E-state index is 0.534. The van der Waals surface area contributed by atoms with Gasteiger partial charge in [-0.05, 0) is 12.1 Å². The van der Waals surface area contributed by atoms with Crippen molar-refractivity contribution < 1.29 is 9.47 Å². The number of benzene rings is 1. The van der Waals surface area contributed by atoms with Gasteiger partial charge in [-0.3, -0.25) is 0 Å². The number of hydrogen-bond donors (Lipinski definition) is 1. The lowest BCUT2D eigenvalue weighted by molar-refractivity contribution is 0.171. The Hall–Kier alpha value is -1.07. The summed E-state index contributed by atoms with van der Waals surface area (Å²) in [7, 11) is 0. The molecule has 0 spiro atoms. The van der Waals surface area contributed by atoms with Crippen molar-refractivity contribution >= 4 is 17.4 Å². The number of hydrogen-bond acceptors (Lipinski definition) is 5. The average Bonchev–Trinajstić information content (AvgIpc) is 2.47. The van der Waals surface area contributed by atoms with Gasteiger partial charge in [0.25, 0.3) is 0 Å². The molecule has 1 atom stereocenters. The summed E-state index contributed by atoms with van der Waals surface area (Å²) in [5, 5.41) is 0.534. The third-order valence-corrected chi connectivity index (χ3v) is 4.52. The molecule has 0 aliphatic carbocycles. The second-order valence-electron chi connectivity index (χ2n) is 4.50. The van der Waals surface area contributed by atoms with Gasteiger partial charge in [0, 0.05) is 42.4 Å². The highest BCUT2D eigenvalue weighted by atomic mass is 32.2. The van der Waals surface area contributed by atoms with Crippen LogP contribution in [0.5, 0.6) is 11.5 Å². The van der Waals surface area contributed by atoms with Crippen molar-refractivity contribution in [2.24, 2.45) is 5.73 Å². The number of thioether (sulfide) groups is 1. The molecule has 0 aromatic heterocycles. The number of nitrogens with zero attached hydrogens (tertiary/aromatic N) is 1. The third kappa shape index (κ3) is 2.37. The van der Waals surface area contributed by atoms with Crippen LogP contribution in [0.3, 0.4) is 0 Å². The van der Waals surface area contributed by atoms with Crippen LogP contribution in [0.1, 0.15) is 0 Å². The molecule has 2 N–H and O–H groups in total. The summed E-state index contributed by atoms with van der Waals surface area (Å²) in [6.45, 7) is 4.10. The van der Waals surface area contributed by atoms with E-state index in [-0.39, 0.29) is 0 Å². The molecule has 2 aliphatic heterocycles. The zero-order valence-corrected chi connectivity index (χ0v) is 11.1. The van der Waals surface area contributed by atoms with Crippen molar-refractivity contribution in [3.05, 3.63) is 18.2 Å². The van der Waals surface area contributed by atoms with E-state index < -0.39 is 0 Å². The van der Waals surface area contributed by atoms with Crippen molar-refractivity contribution in [2.75, 3.05) is 43.5 Å². The molecule has 98 valence electrons. The molecule has 1 saturated heterocycles. The van der Waals surface area contributed by atoms with Gasteiger partial charge in [0.05, 0.1) is 0 Å². The van der Waals surface area contributed by atoms with Crippen molar-refractivity contribution in [2.45, 2.75) is 5.25 Å². The number of rotatable bonds is 2. The lowest BCUT2D eigenvalue weighted by atomic mass is 10.2. The predicted octanol–water partition coefficient (Wildman–Crippen LogP) is 1.34. The lowest BCUT2D eigenvalue weighted by Gasteiger charge is -2.34. The van der Waals surface area contributed by atoms with Crippen molar-refractivity contribution in [3.63, 3.8) is 0 Å². The Morgan fingerprint density at radius 2 is 2.11 bits per heavy atom. The molecule has 1 aromatic carbocycles. The Morgan fingerprint density at radius 3 is 2.94 bits per heavy atom. The van der Waals surface area contributed by atoms with Crippen LogP contribution >= 0.6 is 11.8 Å². The predicted molar refractivity (Wildman–Crippen MR) is 74.9 cm³/mol.